The highest BCUT2D eigenvalue weighted by molar-refractivity contribution is 5.96. The number of aryl methyl sites for hydroxylation is 1. The van der Waals surface area contributed by atoms with Crippen LogP contribution in [-0.4, -0.2) is 55.4 Å². The molecule has 184 valence electrons. The van der Waals surface area contributed by atoms with Crippen LogP contribution in [0.2, 0.25) is 0 Å². The Kier molecular flexibility index (Phi) is 6.38. The van der Waals surface area contributed by atoms with E-state index in [9.17, 15) is 9.90 Å². The molecule has 5 aromatic rings. The lowest BCUT2D eigenvalue weighted by Crippen LogP contribution is -2.34. The van der Waals surface area contributed by atoms with Crippen LogP contribution in [0.4, 0.5) is 0 Å². The number of hydrogen-bond acceptors (Lipinski definition) is 6. The highest BCUT2D eigenvalue weighted by Crippen LogP contribution is 2.33. The van der Waals surface area contributed by atoms with Gasteiger partial charge < -0.3 is 16.2 Å². The molecule has 1 aliphatic rings. The molecule has 0 amide bonds. The summed E-state index contributed by atoms with van der Waals surface area (Å²) >= 11 is 0. The second kappa shape index (κ2) is 9.64. The predicted octanol–water partition coefficient (Wildman–Crippen LogP) is 5.02. The third-order valence-electron chi connectivity index (χ3n) is 7.35. The summed E-state index contributed by atoms with van der Waals surface area (Å²) in [6.07, 6.45) is 3.24. The second-order valence-electron chi connectivity index (χ2n) is 9.46. The van der Waals surface area contributed by atoms with Crippen molar-refractivity contribution in [1.82, 2.24) is 30.9 Å². The molecule has 4 N–H and O–H groups in total. The zero-order chi connectivity index (χ0) is 23.9. The standard InChI is InChI=1S/C28H27N5O2.H3N/c1-18-8-9-23-21(5-3-6-24(23)29-18)20-13-16-32(17-14-20)15-12-19-4-2-7-25-22(19)10-11-26-27(28(34)35)30-31-33(25)26;/h2-11,20H,12-17H2,1H3,(H,34,35);1H3. The fourth-order valence-corrected chi connectivity index (χ4v) is 5.51. The van der Waals surface area contributed by atoms with Crippen molar-refractivity contribution in [2.75, 3.05) is 19.6 Å². The predicted molar refractivity (Wildman–Crippen MR) is 141 cm³/mol. The lowest BCUT2D eigenvalue weighted by molar-refractivity contribution is 0.0692. The van der Waals surface area contributed by atoms with Crippen LogP contribution >= 0.6 is 0 Å². The molecule has 0 radical (unpaired) electrons. The van der Waals surface area contributed by atoms with E-state index in [4.69, 9.17) is 4.98 Å². The molecule has 0 aliphatic carbocycles. The van der Waals surface area contributed by atoms with E-state index < -0.39 is 5.97 Å². The van der Waals surface area contributed by atoms with Crippen LogP contribution in [0, 0.1) is 6.92 Å². The van der Waals surface area contributed by atoms with Crippen LogP contribution < -0.4 is 6.15 Å². The molecule has 36 heavy (non-hydrogen) atoms. The topological polar surface area (TPSA) is 119 Å². The van der Waals surface area contributed by atoms with Gasteiger partial charge in [0.25, 0.3) is 0 Å². The number of carboxylic acid groups (broad SMARTS) is 1. The monoisotopic (exact) mass is 482 g/mol. The average Bonchev–Trinajstić information content (AvgIpc) is 3.32. The summed E-state index contributed by atoms with van der Waals surface area (Å²) in [6.45, 7) is 5.21. The van der Waals surface area contributed by atoms with Gasteiger partial charge >= 0.3 is 5.97 Å². The van der Waals surface area contributed by atoms with Gasteiger partial charge in [-0.2, -0.15) is 0 Å². The summed E-state index contributed by atoms with van der Waals surface area (Å²) < 4.78 is 1.63. The number of nitrogens with zero attached hydrogens (tertiary/aromatic N) is 5. The van der Waals surface area contributed by atoms with Gasteiger partial charge in [-0.15, -0.1) is 5.10 Å². The minimum Gasteiger partial charge on any atom is -0.476 e. The number of piperidine rings is 1. The molecular weight excluding hydrogens is 452 g/mol. The Morgan fingerprint density at radius 2 is 1.75 bits per heavy atom. The Balaban J connectivity index is 0.00000267. The van der Waals surface area contributed by atoms with Crippen molar-refractivity contribution in [3.63, 3.8) is 0 Å². The Morgan fingerprint density at radius 1 is 0.972 bits per heavy atom. The molecule has 2 aromatic carbocycles. The Bertz CT molecular complexity index is 1570. The molecule has 0 unspecified atom stereocenters. The van der Waals surface area contributed by atoms with Crippen LogP contribution in [0.1, 0.15) is 46.1 Å². The summed E-state index contributed by atoms with van der Waals surface area (Å²) in [7, 11) is 0. The van der Waals surface area contributed by atoms with Crippen LogP contribution in [-0.2, 0) is 6.42 Å². The van der Waals surface area contributed by atoms with E-state index in [1.54, 1.807) is 10.6 Å². The van der Waals surface area contributed by atoms with E-state index in [1.165, 1.54) is 16.5 Å². The summed E-state index contributed by atoms with van der Waals surface area (Å²) in [4.78, 5) is 18.7. The minimum atomic E-state index is -1.06. The van der Waals surface area contributed by atoms with Gasteiger partial charge in [0, 0.05) is 23.0 Å². The zero-order valence-electron chi connectivity index (χ0n) is 20.4. The van der Waals surface area contributed by atoms with E-state index in [2.05, 4.69) is 51.6 Å². The van der Waals surface area contributed by atoms with Gasteiger partial charge in [0.15, 0.2) is 5.69 Å². The molecule has 4 heterocycles. The molecule has 6 rings (SSSR count). The smallest absolute Gasteiger partial charge is 0.358 e. The van der Waals surface area contributed by atoms with E-state index in [1.807, 2.05) is 25.1 Å². The third-order valence-corrected chi connectivity index (χ3v) is 7.35. The first-order chi connectivity index (χ1) is 17.1. The fraction of sp³-hybridized carbons (Fsp3) is 0.286. The molecule has 1 saturated heterocycles. The number of likely N-dealkylation sites (tertiary alicyclic amines) is 1. The van der Waals surface area contributed by atoms with Crippen molar-refractivity contribution >= 4 is 33.3 Å². The summed E-state index contributed by atoms with van der Waals surface area (Å²) in [5, 5.41) is 19.7. The van der Waals surface area contributed by atoms with Crippen LogP contribution in [0.15, 0.2) is 60.7 Å². The SMILES string of the molecule is Cc1ccc2c(C3CCN(CCc4cccc5c4ccc4c(C(=O)O)nnn45)CC3)cccc2n1.N. The van der Waals surface area contributed by atoms with E-state index in [0.29, 0.717) is 11.4 Å². The van der Waals surface area contributed by atoms with Gasteiger partial charge in [0.05, 0.1) is 11.0 Å². The first-order valence-corrected chi connectivity index (χ1v) is 12.2. The highest BCUT2D eigenvalue weighted by atomic mass is 16.4. The van der Waals surface area contributed by atoms with Crippen LogP contribution in [0.5, 0.6) is 0 Å². The van der Waals surface area contributed by atoms with Crippen molar-refractivity contribution in [1.29, 1.82) is 0 Å². The van der Waals surface area contributed by atoms with Crippen molar-refractivity contribution in [2.24, 2.45) is 0 Å². The lowest BCUT2D eigenvalue weighted by Gasteiger charge is -2.32. The van der Waals surface area contributed by atoms with Gasteiger partial charge in [-0.25, -0.2) is 9.31 Å². The maximum absolute atomic E-state index is 11.4. The Morgan fingerprint density at radius 3 is 2.56 bits per heavy atom. The molecule has 0 saturated carbocycles. The first-order valence-electron chi connectivity index (χ1n) is 12.2. The molecule has 0 atom stereocenters. The normalized spacial score (nSPS) is 14.9. The summed E-state index contributed by atoms with van der Waals surface area (Å²) in [6, 6.07) is 20.8. The van der Waals surface area contributed by atoms with Crippen LogP contribution in [0.3, 0.4) is 0 Å². The first kappa shape index (κ1) is 23.8. The van der Waals surface area contributed by atoms with Gasteiger partial charge in [-0.05, 0) is 80.6 Å². The number of fused-ring (bicyclic) bond motifs is 4. The zero-order valence-corrected chi connectivity index (χ0v) is 20.4. The number of rotatable bonds is 5. The van der Waals surface area contributed by atoms with Gasteiger partial charge in [-0.3, -0.25) is 4.98 Å². The third kappa shape index (κ3) is 4.19. The molecule has 0 bridgehead atoms. The fourth-order valence-electron chi connectivity index (χ4n) is 5.51. The Labute approximate surface area is 209 Å². The molecule has 8 nitrogen and oxygen atoms in total. The maximum Gasteiger partial charge on any atom is 0.358 e. The molecule has 1 aliphatic heterocycles. The lowest BCUT2D eigenvalue weighted by atomic mass is 9.87. The van der Waals surface area contributed by atoms with Crippen LogP contribution in [0.25, 0.3) is 27.3 Å². The second-order valence-corrected chi connectivity index (χ2v) is 9.46. The van der Waals surface area contributed by atoms with Gasteiger partial charge in [0.2, 0.25) is 0 Å². The van der Waals surface area contributed by atoms with E-state index >= 15 is 0 Å². The van der Waals surface area contributed by atoms with Gasteiger partial charge in [-0.1, -0.05) is 41.6 Å². The van der Waals surface area contributed by atoms with E-state index in [-0.39, 0.29) is 11.8 Å². The van der Waals surface area contributed by atoms with Crippen molar-refractivity contribution in [3.8, 4) is 0 Å². The molecule has 3 aromatic heterocycles. The summed E-state index contributed by atoms with van der Waals surface area (Å²) in [5.41, 5.74) is 6.22. The number of carboxylic acids is 1. The van der Waals surface area contributed by atoms with Gasteiger partial charge in [0.1, 0.15) is 5.52 Å². The van der Waals surface area contributed by atoms with Crippen molar-refractivity contribution in [3.05, 3.63) is 83.2 Å². The van der Waals surface area contributed by atoms with E-state index in [0.717, 1.165) is 61.0 Å². The number of pyridine rings is 2. The highest BCUT2D eigenvalue weighted by Gasteiger charge is 2.22. The number of carbonyl (C=O) groups is 1. The maximum atomic E-state index is 11.4. The number of benzene rings is 2. The summed E-state index contributed by atoms with van der Waals surface area (Å²) in [5.74, 6) is -0.491. The largest absolute Gasteiger partial charge is 0.476 e. The quantitative estimate of drug-likeness (QED) is 0.361. The Hall–Kier alpha value is -3.88. The van der Waals surface area contributed by atoms with Crippen molar-refractivity contribution in [2.45, 2.75) is 32.1 Å². The number of aromatic carboxylic acids is 1. The van der Waals surface area contributed by atoms with Crippen molar-refractivity contribution < 1.29 is 9.90 Å². The number of aromatic nitrogens is 4. The minimum absolute atomic E-state index is 0. The molecule has 0 spiro atoms. The molecular formula is C28H30N6O2. The molecule has 1 fully saturated rings. The number of hydrogen-bond donors (Lipinski definition) is 2. The molecule has 8 heteroatoms. The average molecular weight is 483 g/mol.